The Morgan fingerprint density at radius 1 is 1.06 bits per heavy atom. The second-order valence-corrected chi connectivity index (χ2v) is 8.98. The molecule has 0 unspecified atom stereocenters. The molecule has 1 atom stereocenters. The van der Waals surface area contributed by atoms with Gasteiger partial charge in [0.2, 0.25) is 5.91 Å². The summed E-state index contributed by atoms with van der Waals surface area (Å²) in [4.78, 5) is 27.3. The van der Waals surface area contributed by atoms with E-state index in [1.54, 1.807) is 11.8 Å². The van der Waals surface area contributed by atoms with Gasteiger partial charge in [-0.3, -0.25) is 9.59 Å². The number of nitrogens with zero attached hydrogens (tertiary/aromatic N) is 1. The van der Waals surface area contributed by atoms with Crippen molar-refractivity contribution in [3.05, 3.63) is 65.2 Å². The normalized spacial score (nSPS) is 12.2. The topological polar surface area (TPSA) is 58.6 Å². The minimum absolute atomic E-state index is 0.0555. The van der Waals surface area contributed by atoms with Crippen molar-refractivity contribution in [1.82, 2.24) is 10.2 Å². The van der Waals surface area contributed by atoms with Crippen LogP contribution in [0.2, 0.25) is 0 Å². The van der Waals surface area contributed by atoms with E-state index in [1.807, 2.05) is 62.4 Å². The Balaban J connectivity index is 2.13. The average molecular weight is 425 g/mol. The summed E-state index contributed by atoms with van der Waals surface area (Å²) in [5.41, 5.74) is 3.36. The lowest BCUT2D eigenvalue weighted by atomic mass is 9.87. The summed E-state index contributed by atoms with van der Waals surface area (Å²) in [5.74, 6) is 0.265. The van der Waals surface area contributed by atoms with E-state index >= 15 is 0 Å². The molecule has 2 rings (SSSR count). The molecule has 0 fully saturated rings. The molecule has 0 heterocycles. The van der Waals surface area contributed by atoms with Gasteiger partial charge in [0.1, 0.15) is 11.8 Å². The first-order valence-corrected chi connectivity index (χ1v) is 11.0. The Morgan fingerprint density at radius 3 is 2.29 bits per heavy atom. The van der Waals surface area contributed by atoms with Crippen LogP contribution in [-0.2, 0) is 21.5 Å². The summed E-state index contributed by atoms with van der Waals surface area (Å²) in [6.07, 6.45) is 0.845. The van der Waals surface area contributed by atoms with E-state index in [0.29, 0.717) is 18.8 Å². The number of benzene rings is 2. The number of aryl methyl sites for hydroxylation is 1. The van der Waals surface area contributed by atoms with E-state index in [0.717, 1.165) is 17.5 Å². The largest absolute Gasteiger partial charge is 0.484 e. The summed E-state index contributed by atoms with van der Waals surface area (Å²) in [5, 5.41) is 2.89. The van der Waals surface area contributed by atoms with Gasteiger partial charge in [-0.05, 0) is 54.5 Å². The molecule has 2 amide bonds. The van der Waals surface area contributed by atoms with Crippen molar-refractivity contribution < 1.29 is 14.3 Å². The zero-order chi connectivity index (χ0) is 23.0. The molecule has 1 N–H and O–H groups in total. The van der Waals surface area contributed by atoms with Gasteiger partial charge in [-0.2, -0.15) is 0 Å². The van der Waals surface area contributed by atoms with Gasteiger partial charge in [0.05, 0.1) is 0 Å². The number of nitrogens with one attached hydrogen (secondary N) is 1. The van der Waals surface area contributed by atoms with Crippen LogP contribution in [0.15, 0.2) is 48.5 Å². The van der Waals surface area contributed by atoms with Crippen molar-refractivity contribution in [2.24, 2.45) is 0 Å². The molecule has 5 nitrogen and oxygen atoms in total. The second kappa shape index (κ2) is 11.0. The van der Waals surface area contributed by atoms with Gasteiger partial charge in [0.15, 0.2) is 6.61 Å². The molecule has 0 aromatic heterocycles. The van der Waals surface area contributed by atoms with E-state index in [1.165, 1.54) is 5.56 Å². The van der Waals surface area contributed by atoms with Crippen molar-refractivity contribution in [1.29, 1.82) is 0 Å². The van der Waals surface area contributed by atoms with Crippen LogP contribution >= 0.6 is 0 Å². The number of ether oxygens (including phenoxy) is 1. The Kier molecular flexibility index (Phi) is 8.66. The monoisotopic (exact) mass is 424 g/mol. The van der Waals surface area contributed by atoms with E-state index in [-0.39, 0.29) is 23.8 Å². The van der Waals surface area contributed by atoms with Gasteiger partial charge in [0, 0.05) is 13.1 Å². The van der Waals surface area contributed by atoms with Crippen LogP contribution < -0.4 is 10.1 Å². The van der Waals surface area contributed by atoms with E-state index in [9.17, 15) is 9.59 Å². The Bertz CT molecular complexity index is 869. The Labute approximate surface area is 186 Å². The van der Waals surface area contributed by atoms with Crippen LogP contribution in [0.1, 0.15) is 57.7 Å². The zero-order valence-electron chi connectivity index (χ0n) is 19.7. The molecule has 0 radical (unpaired) electrons. The highest BCUT2D eigenvalue weighted by atomic mass is 16.5. The highest BCUT2D eigenvalue weighted by Gasteiger charge is 2.26. The molecule has 168 valence electrons. The minimum atomic E-state index is -0.592. The van der Waals surface area contributed by atoms with Gasteiger partial charge < -0.3 is 15.0 Å². The number of hydrogen-bond acceptors (Lipinski definition) is 3. The maximum atomic E-state index is 13.1. The molecule has 2 aromatic carbocycles. The highest BCUT2D eigenvalue weighted by Crippen LogP contribution is 2.24. The molecular weight excluding hydrogens is 388 g/mol. The summed E-state index contributed by atoms with van der Waals surface area (Å²) < 4.78 is 5.77. The number of hydrogen-bond donors (Lipinski definition) is 1. The molecule has 0 saturated carbocycles. The zero-order valence-corrected chi connectivity index (χ0v) is 19.7. The van der Waals surface area contributed by atoms with Crippen molar-refractivity contribution in [2.75, 3.05) is 13.2 Å². The predicted molar refractivity (Wildman–Crippen MR) is 125 cm³/mol. The summed E-state index contributed by atoms with van der Waals surface area (Å²) >= 11 is 0. The molecule has 0 spiro atoms. The van der Waals surface area contributed by atoms with Crippen molar-refractivity contribution in [3.8, 4) is 5.75 Å². The van der Waals surface area contributed by atoms with Gasteiger partial charge >= 0.3 is 0 Å². The molecule has 31 heavy (non-hydrogen) atoms. The molecule has 0 aliphatic rings. The van der Waals surface area contributed by atoms with Crippen molar-refractivity contribution >= 4 is 11.8 Å². The third kappa shape index (κ3) is 7.12. The number of carbonyl (C=O) groups is 2. The van der Waals surface area contributed by atoms with Gasteiger partial charge in [-0.25, -0.2) is 0 Å². The number of carbonyl (C=O) groups excluding carboxylic acids is 2. The molecule has 2 aromatic rings. The van der Waals surface area contributed by atoms with Crippen LogP contribution in [0.4, 0.5) is 0 Å². The van der Waals surface area contributed by atoms with Crippen LogP contribution in [0.25, 0.3) is 0 Å². The molecule has 0 aliphatic carbocycles. The van der Waals surface area contributed by atoms with E-state index in [2.05, 4.69) is 26.1 Å². The van der Waals surface area contributed by atoms with Gasteiger partial charge in [-0.15, -0.1) is 0 Å². The van der Waals surface area contributed by atoms with Crippen LogP contribution in [-0.4, -0.2) is 35.9 Å². The molecule has 0 saturated heterocycles. The van der Waals surface area contributed by atoms with E-state index in [4.69, 9.17) is 4.74 Å². The molecule has 0 bridgehead atoms. The Morgan fingerprint density at radius 2 is 1.71 bits per heavy atom. The standard InChI is InChI=1S/C26H36N2O3/c1-7-16-27-25(30)20(3)28(17-21-11-9-8-10-19(21)2)24(29)18-31-23-14-12-22(13-15-23)26(4,5)6/h8-15,20H,7,16-18H2,1-6H3,(H,27,30)/t20-/m1/s1. The first-order valence-electron chi connectivity index (χ1n) is 11.0. The minimum Gasteiger partial charge on any atom is -0.484 e. The maximum absolute atomic E-state index is 13.1. The fourth-order valence-corrected chi connectivity index (χ4v) is 3.23. The quantitative estimate of drug-likeness (QED) is 0.639. The lowest BCUT2D eigenvalue weighted by Crippen LogP contribution is -2.49. The third-order valence-corrected chi connectivity index (χ3v) is 5.40. The lowest BCUT2D eigenvalue weighted by Gasteiger charge is -2.29. The molecular formula is C26H36N2O3. The van der Waals surface area contributed by atoms with Crippen molar-refractivity contribution in [3.63, 3.8) is 0 Å². The Hall–Kier alpha value is -2.82. The summed E-state index contributed by atoms with van der Waals surface area (Å²) in [7, 11) is 0. The average Bonchev–Trinajstić information content (AvgIpc) is 2.74. The number of amides is 2. The first kappa shape index (κ1) is 24.4. The summed E-state index contributed by atoms with van der Waals surface area (Å²) in [6.45, 7) is 13.1. The van der Waals surface area contributed by atoms with Crippen molar-refractivity contribution in [2.45, 2.75) is 66.0 Å². The van der Waals surface area contributed by atoms with Crippen LogP contribution in [0.3, 0.4) is 0 Å². The van der Waals surface area contributed by atoms with E-state index < -0.39 is 6.04 Å². The smallest absolute Gasteiger partial charge is 0.261 e. The van der Waals surface area contributed by atoms with Gasteiger partial charge in [0.25, 0.3) is 5.91 Å². The highest BCUT2D eigenvalue weighted by molar-refractivity contribution is 5.88. The summed E-state index contributed by atoms with van der Waals surface area (Å²) in [6, 6.07) is 15.1. The second-order valence-electron chi connectivity index (χ2n) is 8.98. The lowest BCUT2D eigenvalue weighted by molar-refractivity contribution is -0.142. The van der Waals surface area contributed by atoms with Crippen LogP contribution in [0, 0.1) is 6.92 Å². The fraction of sp³-hybridized carbons (Fsp3) is 0.462. The van der Waals surface area contributed by atoms with Gasteiger partial charge in [-0.1, -0.05) is 64.1 Å². The predicted octanol–water partition coefficient (Wildman–Crippen LogP) is 4.61. The third-order valence-electron chi connectivity index (χ3n) is 5.40. The molecule has 5 heteroatoms. The maximum Gasteiger partial charge on any atom is 0.261 e. The number of rotatable bonds is 9. The fourth-order valence-electron chi connectivity index (χ4n) is 3.23. The molecule has 0 aliphatic heterocycles. The van der Waals surface area contributed by atoms with Crippen LogP contribution in [0.5, 0.6) is 5.75 Å². The SMILES string of the molecule is CCCNC(=O)[C@@H](C)N(Cc1ccccc1C)C(=O)COc1ccc(C(C)(C)C)cc1. The first-order chi connectivity index (χ1) is 14.6.